The zero-order chi connectivity index (χ0) is 25.6. The molecule has 33 heavy (non-hydrogen) atoms. The lowest BCUT2D eigenvalue weighted by Crippen LogP contribution is -2.30. The van der Waals surface area contributed by atoms with Crippen LogP contribution < -0.4 is 21.1 Å². The first kappa shape index (κ1) is 27.3. The van der Waals surface area contributed by atoms with Crippen LogP contribution >= 0.6 is 11.6 Å². The second kappa shape index (κ2) is 10.7. The molecule has 0 atom stereocenters. The Hall–Kier alpha value is -3.75. The third-order valence-electron chi connectivity index (χ3n) is 3.40. The maximum atomic E-state index is 12.0. The largest absolute Gasteiger partial charge is 0.494 e. The van der Waals surface area contributed by atoms with Crippen LogP contribution in [0.3, 0.4) is 0 Å². The van der Waals surface area contributed by atoms with E-state index < -0.39 is 29.1 Å². The van der Waals surface area contributed by atoms with Crippen molar-refractivity contribution < 1.29 is 45.6 Å². The van der Waals surface area contributed by atoms with Gasteiger partial charge in [-0.3, -0.25) is 19.7 Å². The van der Waals surface area contributed by atoms with Gasteiger partial charge in [0.2, 0.25) is 0 Å². The summed E-state index contributed by atoms with van der Waals surface area (Å²) in [5.74, 6) is -4.19. The van der Waals surface area contributed by atoms with Crippen LogP contribution in [0.1, 0.15) is 0 Å². The lowest BCUT2D eigenvalue weighted by Gasteiger charge is -2.11. The highest BCUT2D eigenvalue weighted by atomic mass is 35.5. The number of methoxy groups -OCH3 is 1. The van der Waals surface area contributed by atoms with E-state index in [4.69, 9.17) is 22.1 Å². The third kappa shape index (κ3) is 8.36. The zero-order valence-electron chi connectivity index (χ0n) is 16.2. The summed E-state index contributed by atoms with van der Waals surface area (Å²) in [5, 5.41) is 13.2. The van der Waals surface area contributed by atoms with Crippen molar-refractivity contribution in [2.45, 2.75) is 12.4 Å². The minimum atomic E-state index is -5.05. The summed E-state index contributed by atoms with van der Waals surface area (Å²) in [5.41, 5.74) is 4.91. The van der Waals surface area contributed by atoms with E-state index in [2.05, 4.69) is 0 Å². The molecule has 0 unspecified atom stereocenters. The normalized spacial score (nSPS) is 11.0. The number of rotatable bonds is 4. The van der Waals surface area contributed by atoms with E-state index in [-0.39, 0.29) is 27.8 Å². The Labute approximate surface area is 185 Å². The van der Waals surface area contributed by atoms with Crippen molar-refractivity contribution in [1.29, 1.82) is 0 Å². The fourth-order valence-electron chi connectivity index (χ4n) is 1.92. The van der Waals surface area contributed by atoms with E-state index >= 15 is 0 Å². The van der Waals surface area contributed by atoms with Gasteiger partial charge >= 0.3 is 24.2 Å². The van der Waals surface area contributed by atoms with Crippen LogP contribution in [0.25, 0.3) is 0 Å². The van der Waals surface area contributed by atoms with Gasteiger partial charge in [0.1, 0.15) is 5.75 Å². The van der Waals surface area contributed by atoms with Crippen LogP contribution in [0, 0.1) is 10.1 Å². The summed E-state index contributed by atoms with van der Waals surface area (Å²) in [4.78, 5) is 30.8. The molecule has 0 aliphatic heterocycles. The Morgan fingerprint density at radius 3 is 1.88 bits per heavy atom. The maximum Gasteiger partial charge on any atom is 0.471 e. The number of carbonyl (C=O) groups excluding carboxylic acids is 2. The van der Waals surface area contributed by atoms with E-state index in [9.17, 15) is 46.0 Å². The molecule has 0 radical (unpaired) electrons. The number of hydrogen-bond acceptors (Lipinski definition) is 6. The second-order valence-corrected chi connectivity index (χ2v) is 6.19. The molecule has 2 rings (SSSR count). The zero-order valence-corrected chi connectivity index (χ0v) is 16.9. The number of halogens is 7. The first-order chi connectivity index (χ1) is 15.1. The van der Waals surface area contributed by atoms with Gasteiger partial charge in [0.15, 0.2) is 0 Å². The fraction of sp³-hybridized carbons (Fsp3) is 0.176. The lowest BCUT2D eigenvalue weighted by molar-refractivity contribution is -0.384. The summed E-state index contributed by atoms with van der Waals surface area (Å²) in [6.07, 6.45) is -9.99. The molecule has 9 nitrogen and oxygen atoms in total. The molecule has 0 spiro atoms. The number of nitrogens with one attached hydrogen (secondary N) is 2. The van der Waals surface area contributed by atoms with Gasteiger partial charge in [0.25, 0.3) is 5.69 Å². The number of nitrogens with zero attached hydrogens (tertiary/aromatic N) is 1. The average molecular weight is 503 g/mol. The number of amides is 2. The van der Waals surface area contributed by atoms with E-state index in [0.717, 1.165) is 18.2 Å². The molecule has 0 bridgehead atoms. The van der Waals surface area contributed by atoms with Crippen molar-refractivity contribution in [2.24, 2.45) is 0 Å². The standard InChI is InChI=1S/C9H9F3N2O2.C8H4ClF3N2O3/c1-16-7-4-5(13)2-3-6(7)14-8(15)9(10,11)12;9-5-3-4(14(16)17)1-2-6(5)13-7(15)8(10,11)12/h2-4H,13H2,1H3,(H,14,15);1-3H,(H,13,15). The summed E-state index contributed by atoms with van der Waals surface area (Å²) in [6, 6.07) is 6.59. The SMILES string of the molecule is COc1cc(N)ccc1NC(=O)C(F)(F)F.O=C(Nc1ccc([N+](=O)[O-])cc1Cl)C(F)(F)F. The molecule has 0 saturated heterocycles. The highest BCUT2D eigenvalue weighted by Crippen LogP contribution is 2.29. The summed E-state index contributed by atoms with van der Waals surface area (Å²) < 4.78 is 76.4. The number of alkyl halides is 6. The van der Waals surface area contributed by atoms with Crippen LogP contribution in [0.4, 0.5) is 49.1 Å². The number of nitrogens with two attached hydrogens (primary N) is 1. The number of nitro benzene ring substituents is 1. The minimum Gasteiger partial charge on any atom is -0.494 e. The van der Waals surface area contributed by atoms with E-state index in [0.29, 0.717) is 5.69 Å². The Morgan fingerprint density at radius 1 is 0.970 bits per heavy atom. The molecular weight excluding hydrogens is 490 g/mol. The number of nitro groups is 1. The summed E-state index contributed by atoms with van der Waals surface area (Å²) in [7, 11) is 1.26. The van der Waals surface area contributed by atoms with Crippen LogP contribution in [-0.4, -0.2) is 36.2 Å². The number of anilines is 3. The van der Waals surface area contributed by atoms with Crippen molar-refractivity contribution >= 4 is 46.2 Å². The summed E-state index contributed by atoms with van der Waals surface area (Å²) in [6.45, 7) is 0. The highest BCUT2D eigenvalue weighted by molar-refractivity contribution is 6.34. The van der Waals surface area contributed by atoms with Gasteiger partial charge in [-0.1, -0.05) is 11.6 Å². The molecule has 4 N–H and O–H groups in total. The molecule has 0 fully saturated rings. The van der Waals surface area contributed by atoms with Gasteiger partial charge in [-0.05, 0) is 18.2 Å². The molecule has 0 heterocycles. The van der Waals surface area contributed by atoms with Gasteiger partial charge in [0, 0.05) is 23.9 Å². The highest BCUT2D eigenvalue weighted by Gasteiger charge is 2.39. The number of ether oxygens (including phenoxy) is 1. The number of non-ortho nitro benzene ring substituents is 1. The third-order valence-corrected chi connectivity index (χ3v) is 3.71. The van der Waals surface area contributed by atoms with Gasteiger partial charge in [-0.2, -0.15) is 26.3 Å². The Kier molecular flexibility index (Phi) is 8.86. The molecule has 16 heteroatoms. The van der Waals surface area contributed by atoms with Gasteiger partial charge in [-0.15, -0.1) is 0 Å². The van der Waals surface area contributed by atoms with E-state index in [1.165, 1.54) is 30.6 Å². The summed E-state index contributed by atoms with van der Waals surface area (Å²) >= 11 is 5.48. The molecular formula is C17H13ClF6N4O5. The molecule has 0 saturated carbocycles. The maximum absolute atomic E-state index is 12.0. The predicted molar refractivity (Wildman–Crippen MR) is 105 cm³/mol. The Bertz CT molecular complexity index is 1050. The van der Waals surface area contributed by atoms with Crippen molar-refractivity contribution in [1.82, 2.24) is 0 Å². The molecule has 0 aromatic heterocycles. The average Bonchev–Trinajstić information content (AvgIpc) is 2.69. The van der Waals surface area contributed by atoms with Gasteiger partial charge < -0.3 is 21.1 Å². The van der Waals surface area contributed by atoms with Crippen molar-refractivity contribution in [3.63, 3.8) is 0 Å². The van der Waals surface area contributed by atoms with Gasteiger partial charge in [0.05, 0.1) is 28.4 Å². The first-order valence-electron chi connectivity index (χ1n) is 8.20. The number of carbonyl (C=O) groups is 2. The molecule has 180 valence electrons. The van der Waals surface area contributed by atoms with E-state index in [1.54, 1.807) is 5.32 Å². The number of benzene rings is 2. The van der Waals surface area contributed by atoms with Crippen LogP contribution in [0.5, 0.6) is 5.75 Å². The monoisotopic (exact) mass is 502 g/mol. The van der Waals surface area contributed by atoms with Crippen LogP contribution in [0.2, 0.25) is 5.02 Å². The van der Waals surface area contributed by atoms with E-state index in [1.807, 2.05) is 0 Å². The minimum absolute atomic E-state index is 0.0672. The molecule has 2 aromatic carbocycles. The van der Waals surface area contributed by atoms with Crippen LogP contribution in [-0.2, 0) is 9.59 Å². The van der Waals surface area contributed by atoms with Gasteiger partial charge in [-0.25, -0.2) is 0 Å². The number of hydrogen-bond donors (Lipinski definition) is 3. The molecule has 0 aliphatic carbocycles. The Morgan fingerprint density at radius 2 is 1.45 bits per heavy atom. The lowest BCUT2D eigenvalue weighted by atomic mass is 10.2. The first-order valence-corrected chi connectivity index (χ1v) is 8.57. The predicted octanol–water partition coefficient (Wildman–Crippen LogP) is 4.53. The van der Waals surface area contributed by atoms with Crippen molar-refractivity contribution in [3.8, 4) is 5.75 Å². The topological polar surface area (TPSA) is 137 Å². The quantitative estimate of drug-likeness (QED) is 0.243. The van der Waals surface area contributed by atoms with Crippen molar-refractivity contribution in [3.05, 3.63) is 51.5 Å². The molecule has 2 amide bonds. The fourth-order valence-corrected chi connectivity index (χ4v) is 2.14. The smallest absolute Gasteiger partial charge is 0.471 e. The second-order valence-electron chi connectivity index (χ2n) is 5.78. The van der Waals surface area contributed by atoms with Crippen LogP contribution in [0.15, 0.2) is 36.4 Å². The molecule has 2 aromatic rings. The van der Waals surface area contributed by atoms with Crippen molar-refractivity contribution in [2.75, 3.05) is 23.5 Å². The Balaban J connectivity index is 0.000000331. The number of nitrogen functional groups attached to an aromatic ring is 1. The molecule has 0 aliphatic rings.